The van der Waals surface area contributed by atoms with Gasteiger partial charge in [-0.2, -0.15) is 5.10 Å². The number of nitrogens with zero attached hydrogens (tertiary/aromatic N) is 3. The first kappa shape index (κ1) is 9.64. The Morgan fingerprint density at radius 1 is 1.60 bits per heavy atom. The van der Waals surface area contributed by atoms with E-state index in [0.29, 0.717) is 17.5 Å². The predicted molar refractivity (Wildman–Crippen MR) is 54.8 cm³/mol. The van der Waals surface area contributed by atoms with Gasteiger partial charge in [0.05, 0.1) is 17.1 Å². The van der Waals surface area contributed by atoms with Crippen LogP contribution in [-0.2, 0) is 13.5 Å². The van der Waals surface area contributed by atoms with E-state index in [1.807, 2.05) is 6.92 Å². The van der Waals surface area contributed by atoms with Crippen molar-refractivity contribution < 1.29 is 9.90 Å². The molecule has 0 fully saturated rings. The molecule has 5 heteroatoms. The molecule has 1 N–H and O–H groups in total. The highest BCUT2D eigenvalue weighted by atomic mass is 16.4. The van der Waals surface area contributed by atoms with Crippen molar-refractivity contribution in [1.82, 2.24) is 14.8 Å². The molecule has 0 aliphatic rings. The maximum absolute atomic E-state index is 11.0. The zero-order chi connectivity index (χ0) is 11.0. The molecule has 0 unspecified atom stereocenters. The van der Waals surface area contributed by atoms with Crippen LogP contribution in [0.5, 0.6) is 0 Å². The van der Waals surface area contributed by atoms with Crippen LogP contribution in [0.4, 0.5) is 0 Å². The predicted octanol–water partition coefficient (Wildman–Crippen LogP) is 1.23. The molecule has 0 aliphatic heterocycles. The molecule has 2 aromatic rings. The number of aromatic nitrogens is 3. The molecular weight excluding hydrogens is 194 g/mol. The van der Waals surface area contributed by atoms with Crippen molar-refractivity contribution >= 4 is 17.0 Å². The quantitative estimate of drug-likeness (QED) is 0.800. The molecule has 0 saturated heterocycles. The number of pyridine rings is 1. The second-order valence-electron chi connectivity index (χ2n) is 3.33. The van der Waals surface area contributed by atoms with Crippen LogP contribution in [0.1, 0.15) is 23.0 Å². The maximum atomic E-state index is 11.0. The third kappa shape index (κ3) is 1.45. The topological polar surface area (TPSA) is 68.0 Å². The first-order valence-electron chi connectivity index (χ1n) is 4.68. The molecule has 2 aromatic heterocycles. The van der Waals surface area contributed by atoms with Crippen LogP contribution in [0, 0.1) is 0 Å². The lowest BCUT2D eigenvalue weighted by molar-refractivity contribution is 0.0699. The number of fused-ring (bicyclic) bond motifs is 1. The largest absolute Gasteiger partial charge is 0.478 e. The van der Waals surface area contributed by atoms with Gasteiger partial charge in [-0.1, -0.05) is 6.92 Å². The average Bonchev–Trinajstić information content (AvgIpc) is 2.59. The molecule has 0 saturated carbocycles. The van der Waals surface area contributed by atoms with Crippen molar-refractivity contribution in [2.75, 3.05) is 0 Å². The number of hydrogen-bond donors (Lipinski definition) is 1. The van der Waals surface area contributed by atoms with Gasteiger partial charge in [0, 0.05) is 12.7 Å². The molecule has 5 nitrogen and oxygen atoms in total. The number of hydrogen-bond acceptors (Lipinski definition) is 3. The fourth-order valence-electron chi connectivity index (χ4n) is 1.52. The number of carbonyl (C=O) groups is 1. The smallest absolute Gasteiger partial charge is 0.336 e. The Morgan fingerprint density at radius 3 is 2.93 bits per heavy atom. The Morgan fingerprint density at radius 2 is 2.33 bits per heavy atom. The SMILES string of the molecule is CCc1cc(C(=O)O)c2cnn(C)c2n1. The fourth-order valence-corrected chi connectivity index (χ4v) is 1.52. The van der Waals surface area contributed by atoms with E-state index in [1.54, 1.807) is 17.8 Å². The van der Waals surface area contributed by atoms with Crippen LogP contribution >= 0.6 is 0 Å². The number of rotatable bonds is 2. The molecule has 2 heterocycles. The summed E-state index contributed by atoms with van der Waals surface area (Å²) in [7, 11) is 1.75. The summed E-state index contributed by atoms with van der Waals surface area (Å²) in [6.07, 6.45) is 2.24. The fraction of sp³-hybridized carbons (Fsp3) is 0.300. The third-order valence-corrected chi connectivity index (χ3v) is 2.35. The summed E-state index contributed by atoms with van der Waals surface area (Å²) in [6.45, 7) is 1.94. The number of carboxylic acids is 1. The lowest BCUT2D eigenvalue weighted by Crippen LogP contribution is -2.02. The Kier molecular flexibility index (Phi) is 2.15. The van der Waals surface area contributed by atoms with Gasteiger partial charge in [-0.15, -0.1) is 0 Å². The summed E-state index contributed by atoms with van der Waals surface area (Å²) in [5.74, 6) is -0.940. The van der Waals surface area contributed by atoms with Gasteiger partial charge >= 0.3 is 5.97 Å². The van der Waals surface area contributed by atoms with Crippen molar-refractivity contribution in [3.63, 3.8) is 0 Å². The molecule has 0 radical (unpaired) electrons. The standard InChI is InChI=1S/C10H11N3O2/c1-3-6-4-7(10(14)15)8-5-11-13(2)9(8)12-6/h4-5H,3H2,1-2H3,(H,14,15). The highest BCUT2D eigenvalue weighted by Crippen LogP contribution is 2.17. The van der Waals surface area contributed by atoms with E-state index in [-0.39, 0.29) is 5.56 Å². The van der Waals surface area contributed by atoms with Crippen molar-refractivity contribution in [3.05, 3.63) is 23.5 Å². The minimum absolute atomic E-state index is 0.268. The number of carboxylic acid groups (broad SMARTS) is 1. The molecule has 78 valence electrons. The minimum atomic E-state index is -0.940. The van der Waals surface area contributed by atoms with E-state index in [9.17, 15) is 4.79 Å². The Bertz CT molecular complexity index is 531. The zero-order valence-electron chi connectivity index (χ0n) is 8.56. The highest BCUT2D eigenvalue weighted by Gasteiger charge is 2.13. The average molecular weight is 205 g/mol. The molecule has 0 spiro atoms. The van der Waals surface area contributed by atoms with Gasteiger partial charge in [-0.05, 0) is 12.5 Å². The number of aromatic carboxylic acids is 1. The van der Waals surface area contributed by atoms with Crippen molar-refractivity contribution in [3.8, 4) is 0 Å². The van der Waals surface area contributed by atoms with E-state index >= 15 is 0 Å². The van der Waals surface area contributed by atoms with Crippen LogP contribution in [0.2, 0.25) is 0 Å². The lowest BCUT2D eigenvalue weighted by atomic mass is 10.1. The normalized spacial score (nSPS) is 10.8. The molecule has 15 heavy (non-hydrogen) atoms. The van der Waals surface area contributed by atoms with Crippen LogP contribution in [0.15, 0.2) is 12.3 Å². The van der Waals surface area contributed by atoms with Gasteiger partial charge in [-0.25, -0.2) is 9.78 Å². The van der Waals surface area contributed by atoms with Crippen LogP contribution < -0.4 is 0 Å². The first-order valence-corrected chi connectivity index (χ1v) is 4.68. The number of aryl methyl sites for hydroxylation is 2. The van der Waals surface area contributed by atoms with Crippen molar-refractivity contribution in [2.24, 2.45) is 7.05 Å². The summed E-state index contributed by atoms with van der Waals surface area (Å²) in [6, 6.07) is 1.60. The van der Waals surface area contributed by atoms with E-state index in [0.717, 1.165) is 5.69 Å². The van der Waals surface area contributed by atoms with Gasteiger partial charge in [0.25, 0.3) is 0 Å². The van der Waals surface area contributed by atoms with Crippen molar-refractivity contribution in [1.29, 1.82) is 0 Å². The van der Waals surface area contributed by atoms with Crippen LogP contribution in [0.3, 0.4) is 0 Å². The maximum Gasteiger partial charge on any atom is 0.336 e. The van der Waals surface area contributed by atoms with Gasteiger partial charge < -0.3 is 5.11 Å². The summed E-state index contributed by atoms with van der Waals surface area (Å²) < 4.78 is 1.58. The molecule has 0 amide bonds. The van der Waals surface area contributed by atoms with Gasteiger partial charge in [0.15, 0.2) is 5.65 Å². The van der Waals surface area contributed by atoms with Gasteiger partial charge in [0.2, 0.25) is 0 Å². The minimum Gasteiger partial charge on any atom is -0.478 e. The highest BCUT2D eigenvalue weighted by molar-refractivity contribution is 6.01. The monoisotopic (exact) mass is 205 g/mol. The lowest BCUT2D eigenvalue weighted by Gasteiger charge is -2.01. The van der Waals surface area contributed by atoms with E-state index in [4.69, 9.17) is 5.11 Å². The van der Waals surface area contributed by atoms with E-state index in [1.165, 1.54) is 6.20 Å². The van der Waals surface area contributed by atoms with Gasteiger partial charge in [0.1, 0.15) is 0 Å². The summed E-state index contributed by atoms with van der Waals surface area (Å²) in [5.41, 5.74) is 1.65. The zero-order valence-corrected chi connectivity index (χ0v) is 8.56. The van der Waals surface area contributed by atoms with E-state index in [2.05, 4.69) is 10.1 Å². The molecular formula is C10H11N3O2. The van der Waals surface area contributed by atoms with Crippen molar-refractivity contribution in [2.45, 2.75) is 13.3 Å². The molecule has 0 bridgehead atoms. The second-order valence-corrected chi connectivity index (χ2v) is 3.33. The molecule has 0 atom stereocenters. The Labute approximate surface area is 86.4 Å². The summed E-state index contributed by atoms with van der Waals surface area (Å²) in [4.78, 5) is 15.4. The molecule has 2 rings (SSSR count). The third-order valence-electron chi connectivity index (χ3n) is 2.35. The van der Waals surface area contributed by atoms with E-state index < -0.39 is 5.97 Å². The first-order chi connectivity index (χ1) is 7.13. The molecule has 0 aliphatic carbocycles. The summed E-state index contributed by atoms with van der Waals surface area (Å²) >= 11 is 0. The van der Waals surface area contributed by atoms with Gasteiger partial charge in [-0.3, -0.25) is 4.68 Å². The Balaban J connectivity index is 2.82. The summed E-state index contributed by atoms with van der Waals surface area (Å²) in [5, 5.41) is 13.6. The van der Waals surface area contributed by atoms with Crippen LogP contribution in [-0.4, -0.2) is 25.8 Å². The Hall–Kier alpha value is -1.91. The second kappa shape index (κ2) is 3.34. The molecule has 0 aromatic carbocycles. The van der Waals surface area contributed by atoms with Crippen LogP contribution in [0.25, 0.3) is 11.0 Å².